The second kappa shape index (κ2) is 8.12. The van der Waals surface area contributed by atoms with Gasteiger partial charge in [0, 0.05) is 5.69 Å². The minimum absolute atomic E-state index is 0.163. The summed E-state index contributed by atoms with van der Waals surface area (Å²) in [5.74, 6) is 1.21. The molecule has 0 aliphatic heterocycles. The van der Waals surface area contributed by atoms with E-state index in [0.717, 1.165) is 21.4 Å². The monoisotopic (exact) mass is 413 g/mol. The Balaban J connectivity index is 1.60. The maximum atomic E-state index is 11.2. The van der Waals surface area contributed by atoms with Crippen LogP contribution in [0.4, 0.5) is 0 Å². The highest BCUT2D eigenvalue weighted by Crippen LogP contribution is 2.32. The predicted molar refractivity (Wildman–Crippen MR) is 110 cm³/mol. The maximum absolute atomic E-state index is 11.2. The minimum atomic E-state index is -0.381. The number of fused-ring (bicyclic) bond motifs is 1. The lowest BCUT2D eigenvalue weighted by Crippen LogP contribution is -2.13. The summed E-state index contributed by atoms with van der Waals surface area (Å²) >= 11 is 4.59. The van der Waals surface area contributed by atoms with Crippen molar-refractivity contribution in [1.29, 1.82) is 0 Å². The molecule has 2 N–H and O–H groups in total. The van der Waals surface area contributed by atoms with Crippen LogP contribution in [0.5, 0.6) is 0 Å². The number of para-hydroxylation sites is 2. The van der Waals surface area contributed by atoms with E-state index >= 15 is 0 Å². The van der Waals surface area contributed by atoms with E-state index in [-0.39, 0.29) is 11.7 Å². The molecule has 0 unspecified atom stereocenters. The summed E-state index contributed by atoms with van der Waals surface area (Å²) in [6.07, 6.45) is 0. The van der Waals surface area contributed by atoms with Crippen molar-refractivity contribution >= 4 is 51.0 Å². The molecule has 0 spiro atoms. The molecule has 0 aliphatic rings. The Kier molecular flexibility index (Phi) is 5.42. The molecule has 0 radical (unpaired) electrons. The van der Waals surface area contributed by atoms with E-state index in [1.165, 1.54) is 16.5 Å². The molecule has 2 aromatic heterocycles. The highest BCUT2D eigenvalue weighted by molar-refractivity contribution is 8.00. The summed E-state index contributed by atoms with van der Waals surface area (Å²) < 4.78 is 4.13. The molecular weight excluding hydrogens is 398 g/mol. The highest BCUT2D eigenvalue weighted by Gasteiger charge is 2.16. The first-order chi connectivity index (χ1) is 13.2. The number of nitrogens with zero attached hydrogens (tertiary/aromatic N) is 4. The molecule has 0 bridgehead atoms. The fraction of sp³-hybridized carbons (Fsp3) is 0.111. The summed E-state index contributed by atoms with van der Waals surface area (Å²) in [6, 6.07) is 18.0. The number of hydrogen-bond acceptors (Lipinski definition) is 7. The van der Waals surface area contributed by atoms with Gasteiger partial charge in [0.05, 0.1) is 21.7 Å². The normalized spacial score (nSPS) is 11.1. The van der Waals surface area contributed by atoms with Crippen molar-refractivity contribution in [3.63, 3.8) is 0 Å². The molecule has 27 heavy (non-hydrogen) atoms. The Hall–Kier alpha value is -2.36. The molecule has 0 aliphatic carbocycles. The number of hydrogen-bond donors (Lipinski definition) is 1. The van der Waals surface area contributed by atoms with Gasteiger partial charge in [-0.25, -0.2) is 4.98 Å². The molecule has 0 fully saturated rings. The summed E-state index contributed by atoms with van der Waals surface area (Å²) in [6.45, 7) is 0. The minimum Gasteiger partial charge on any atom is -0.369 e. The standard InChI is InChI=1S/C18H15N5OS3/c19-15(24)10-25-17-22-21-16(23(17)12-6-2-1-3-7-12)11-26-18-20-13-8-4-5-9-14(13)27-18/h1-9H,10-11H2,(H2,19,24). The Labute approximate surface area is 168 Å². The van der Waals surface area contributed by atoms with Crippen LogP contribution in [0.2, 0.25) is 0 Å². The number of benzene rings is 2. The molecule has 9 heteroatoms. The smallest absolute Gasteiger partial charge is 0.227 e. The van der Waals surface area contributed by atoms with Crippen molar-refractivity contribution in [3.05, 3.63) is 60.4 Å². The van der Waals surface area contributed by atoms with Crippen molar-refractivity contribution in [2.45, 2.75) is 15.2 Å². The van der Waals surface area contributed by atoms with Gasteiger partial charge >= 0.3 is 0 Å². The van der Waals surface area contributed by atoms with Gasteiger partial charge in [-0.05, 0) is 24.3 Å². The fourth-order valence-electron chi connectivity index (χ4n) is 2.50. The van der Waals surface area contributed by atoms with Crippen molar-refractivity contribution in [1.82, 2.24) is 19.7 Å². The van der Waals surface area contributed by atoms with Crippen LogP contribution < -0.4 is 5.73 Å². The van der Waals surface area contributed by atoms with Crippen LogP contribution in [0.3, 0.4) is 0 Å². The van der Waals surface area contributed by atoms with E-state index in [0.29, 0.717) is 10.9 Å². The summed E-state index contributed by atoms with van der Waals surface area (Å²) in [5, 5.41) is 9.25. The van der Waals surface area contributed by atoms with Crippen LogP contribution in [0, 0.1) is 0 Å². The van der Waals surface area contributed by atoms with Gasteiger partial charge in [-0.1, -0.05) is 53.9 Å². The molecule has 0 saturated heterocycles. The molecular formula is C18H15N5OS3. The van der Waals surface area contributed by atoms with Gasteiger partial charge in [0.25, 0.3) is 0 Å². The van der Waals surface area contributed by atoms with Gasteiger partial charge in [-0.3, -0.25) is 9.36 Å². The number of rotatable bonds is 7. The quantitative estimate of drug-likeness (QED) is 0.464. The number of primary amides is 1. The largest absolute Gasteiger partial charge is 0.369 e. The van der Waals surface area contributed by atoms with Crippen LogP contribution >= 0.6 is 34.9 Å². The molecule has 4 aromatic rings. The zero-order valence-electron chi connectivity index (χ0n) is 14.1. The molecule has 2 aromatic carbocycles. The fourth-order valence-corrected chi connectivity index (χ4v) is 5.19. The Bertz CT molecular complexity index is 1040. The van der Waals surface area contributed by atoms with Crippen LogP contribution in [0.15, 0.2) is 64.1 Å². The number of thioether (sulfide) groups is 2. The number of carbonyl (C=O) groups is 1. The summed E-state index contributed by atoms with van der Waals surface area (Å²) in [5.41, 5.74) is 7.24. The van der Waals surface area contributed by atoms with Crippen molar-refractivity contribution in [2.75, 3.05) is 5.75 Å². The molecule has 4 rings (SSSR count). The third-order valence-electron chi connectivity index (χ3n) is 3.66. The summed E-state index contributed by atoms with van der Waals surface area (Å²) in [7, 11) is 0. The topological polar surface area (TPSA) is 86.7 Å². The lowest BCUT2D eigenvalue weighted by atomic mass is 10.3. The van der Waals surface area contributed by atoms with E-state index in [2.05, 4.69) is 21.2 Å². The third-order valence-corrected chi connectivity index (χ3v) is 6.78. The second-order valence-corrected chi connectivity index (χ2v) is 8.76. The Morgan fingerprint density at radius 2 is 1.81 bits per heavy atom. The van der Waals surface area contributed by atoms with E-state index in [4.69, 9.17) is 5.73 Å². The lowest BCUT2D eigenvalue weighted by Gasteiger charge is -2.09. The number of amides is 1. The SMILES string of the molecule is NC(=O)CSc1nnc(CSc2nc3ccccc3s2)n1-c1ccccc1. The van der Waals surface area contributed by atoms with E-state index in [1.54, 1.807) is 23.1 Å². The number of aromatic nitrogens is 4. The second-order valence-electron chi connectivity index (χ2n) is 5.56. The summed E-state index contributed by atoms with van der Waals surface area (Å²) in [4.78, 5) is 15.8. The van der Waals surface area contributed by atoms with Gasteiger partial charge in [0.15, 0.2) is 9.50 Å². The van der Waals surface area contributed by atoms with Crippen LogP contribution in [0.1, 0.15) is 5.82 Å². The van der Waals surface area contributed by atoms with E-state index in [9.17, 15) is 4.79 Å². The molecule has 136 valence electrons. The number of thiazole rings is 1. The Morgan fingerprint density at radius 1 is 1.04 bits per heavy atom. The van der Waals surface area contributed by atoms with E-state index < -0.39 is 0 Å². The van der Waals surface area contributed by atoms with Crippen LogP contribution in [-0.4, -0.2) is 31.4 Å². The lowest BCUT2D eigenvalue weighted by molar-refractivity contribution is -0.115. The van der Waals surface area contributed by atoms with Crippen LogP contribution in [-0.2, 0) is 10.5 Å². The van der Waals surface area contributed by atoms with Gasteiger partial charge in [0.1, 0.15) is 5.82 Å². The van der Waals surface area contributed by atoms with Gasteiger partial charge < -0.3 is 5.73 Å². The highest BCUT2D eigenvalue weighted by atomic mass is 32.2. The first-order valence-corrected chi connectivity index (χ1v) is 10.9. The van der Waals surface area contributed by atoms with E-state index in [1.807, 2.05) is 53.1 Å². The molecule has 6 nitrogen and oxygen atoms in total. The Morgan fingerprint density at radius 3 is 2.59 bits per heavy atom. The van der Waals surface area contributed by atoms with Crippen molar-refractivity contribution in [3.8, 4) is 5.69 Å². The molecule has 0 atom stereocenters. The van der Waals surface area contributed by atoms with Crippen molar-refractivity contribution < 1.29 is 4.79 Å². The van der Waals surface area contributed by atoms with Crippen molar-refractivity contribution in [2.24, 2.45) is 5.73 Å². The number of carbonyl (C=O) groups excluding carboxylic acids is 1. The molecule has 1 amide bonds. The zero-order chi connectivity index (χ0) is 18.6. The first-order valence-electron chi connectivity index (χ1n) is 8.10. The average molecular weight is 414 g/mol. The van der Waals surface area contributed by atoms with Gasteiger partial charge in [-0.2, -0.15) is 0 Å². The first kappa shape index (κ1) is 18.0. The average Bonchev–Trinajstić information content (AvgIpc) is 3.28. The number of nitrogens with two attached hydrogens (primary N) is 1. The van der Waals surface area contributed by atoms with Gasteiger partial charge in [-0.15, -0.1) is 21.5 Å². The molecule has 0 saturated carbocycles. The van der Waals surface area contributed by atoms with Gasteiger partial charge in [0.2, 0.25) is 5.91 Å². The maximum Gasteiger partial charge on any atom is 0.227 e. The third kappa shape index (κ3) is 4.15. The van der Waals surface area contributed by atoms with Crippen LogP contribution in [0.25, 0.3) is 15.9 Å². The predicted octanol–water partition coefficient (Wildman–Crippen LogP) is 3.75. The zero-order valence-corrected chi connectivity index (χ0v) is 16.6. The molecule has 2 heterocycles.